The zero-order valence-electron chi connectivity index (χ0n) is 16.3. The van der Waals surface area contributed by atoms with Gasteiger partial charge in [0.2, 0.25) is 0 Å². The number of benzene rings is 1. The van der Waals surface area contributed by atoms with E-state index in [1.165, 1.54) is 10.9 Å². The van der Waals surface area contributed by atoms with Gasteiger partial charge in [0.25, 0.3) is 6.08 Å². The molecular weight excluding hydrogens is 412 g/mol. The fourth-order valence-corrected chi connectivity index (χ4v) is 4.27. The van der Waals surface area contributed by atoms with Crippen LogP contribution in [0.3, 0.4) is 0 Å². The van der Waals surface area contributed by atoms with Crippen LogP contribution >= 0.6 is 11.3 Å². The predicted octanol–water partition coefficient (Wildman–Crippen LogP) is 2.76. The Balaban J connectivity index is 1.52. The first-order valence-electron chi connectivity index (χ1n) is 9.38. The number of nitrogens with zero attached hydrogens (tertiary/aromatic N) is 4. The van der Waals surface area contributed by atoms with Gasteiger partial charge in [-0.3, -0.25) is 4.57 Å². The van der Waals surface area contributed by atoms with E-state index in [1.54, 1.807) is 11.3 Å². The molecule has 2 N–H and O–H groups in total. The summed E-state index contributed by atoms with van der Waals surface area (Å²) in [6.07, 6.45) is -0.517. The number of nitrogens with two attached hydrogens (primary N) is 1. The molecule has 3 aromatic rings. The third-order valence-electron chi connectivity index (χ3n) is 4.98. The van der Waals surface area contributed by atoms with Crippen molar-refractivity contribution in [3.63, 3.8) is 0 Å². The Kier molecular flexibility index (Phi) is 5.69. The lowest BCUT2D eigenvalue weighted by molar-refractivity contribution is 0.311. The molecule has 0 saturated carbocycles. The van der Waals surface area contributed by atoms with Gasteiger partial charge in [-0.05, 0) is 29.8 Å². The van der Waals surface area contributed by atoms with Crippen LogP contribution in [-0.2, 0) is 13.1 Å². The summed E-state index contributed by atoms with van der Waals surface area (Å²) in [5.74, 6) is 0.859. The third-order valence-corrected chi connectivity index (χ3v) is 6.10. The summed E-state index contributed by atoms with van der Waals surface area (Å²) < 4.78 is 33.8. The monoisotopic (exact) mass is 433 g/mol. The van der Waals surface area contributed by atoms with Crippen LogP contribution in [0.5, 0.6) is 5.75 Å². The molecule has 0 spiro atoms. The number of halogens is 2. The van der Waals surface area contributed by atoms with Crippen LogP contribution in [0.2, 0.25) is 0 Å². The molecule has 0 bridgehead atoms. The van der Waals surface area contributed by atoms with Gasteiger partial charge in [-0.2, -0.15) is 13.9 Å². The van der Waals surface area contributed by atoms with Gasteiger partial charge in [0, 0.05) is 28.9 Å². The van der Waals surface area contributed by atoms with Crippen molar-refractivity contribution in [2.75, 3.05) is 31.6 Å². The summed E-state index contributed by atoms with van der Waals surface area (Å²) in [6, 6.07) is 10.1. The molecular formula is C20H21F2N5O2S. The Morgan fingerprint density at radius 2 is 2.13 bits per heavy atom. The molecule has 2 aromatic heterocycles. The highest BCUT2D eigenvalue weighted by Crippen LogP contribution is 2.37. The summed E-state index contributed by atoms with van der Waals surface area (Å²) in [5, 5.41) is 3.93. The fourth-order valence-electron chi connectivity index (χ4n) is 3.27. The van der Waals surface area contributed by atoms with Crippen molar-refractivity contribution in [1.82, 2.24) is 14.3 Å². The van der Waals surface area contributed by atoms with Gasteiger partial charge in [-0.25, -0.2) is 9.48 Å². The van der Waals surface area contributed by atoms with Gasteiger partial charge >= 0.3 is 5.69 Å². The Bertz CT molecular complexity index is 1150. The van der Waals surface area contributed by atoms with Crippen molar-refractivity contribution in [2.24, 2.45) is 5.73 Å². The number of hydrogen-bond donors (Lipinski definition) is 1. The molecule has 0 amide bonds. The van der Waals surface area contributed by atoms with Crippen LogP contribution in [0.15, 0.2) is 53.1 Å². The number of likely N-dealkylation sites (N-methyl/N-ethyl adjacent to an activating group) is 1. The maximum Gasteiger partial charge on any atom is 0.346 e. The van der Waals surface area contributed by atoms with Gasteiger partial charge in [-0.1, -0.05) is 6.07 Å². The number of aromatic nitrogens is 3. The normalized spacial score (nSPS) is 13.1. The fraction of sp³-hybridized carbons (Fsp3) is 0.300. The van der Waals surface area contributed by atoms with Crippen molar-refractivity contribution >= 4 is 17.0 Å². The molecule has 1 aliphatic heterocycles. The maximum atomic E-state index is 12.8. The predicted molar refractivity (Wildman–Crippen MR) is 112 cm³/mol. The SMILES string of the molecule is CN1CCOc2cc(-c3ccc(Cn4cnn(CC(CN)=C(F)F)c4=O)s3)ccc21. The molecule has 1 aromatic carbocycles. The highest BCUT2D eigenvalue weighted by molar-refractivity contribution is 7.15. The quantitative estimate of drug-likeness (QED) is 0.647. The molecule has 4 rings (SSSR count). The lowest BCUT2D eigenvalue weighted by atomic mass is 10.1. The van der Waals surface area contributed by atoms with Gasteiger partial charge in [0.1, 0.15) is 18.7 Å². The molecule has 0 atom stereocenters. The number of anilines is 1. The zero-order chi connectivity index (χ0) is 21.3. The maximum absolute atomic E-state index is 12.8. The third kappa shape index (κ3) is 4.01. The van der Waals surface area contributed by atoms with Gasteiger partial charge in [-0.15, -0.1) is 11.3 Å². The standard InChI is InChI=1S/C20H21F2N5O2S/c1-25-6-7-29-17-8-13(2-4-16(17)25)18-5-3-15(30-18)11-26-12-24-27(20(26)28)10-14(9-23)19(21)22/h2-5,8,12H,6-7,9-11,23H2,1H3. The molecule has 0 aliphatic carbocycles. The van der Waals surface area contributed by atoms with Crippen molar-refractivity contribution in [3.8, 4) is 16.2 Å². The van der Waals surface area contributed by atoms with Crippen molar-refractivity contribution < 1.29 is 13.5 Å². The molecule has 0 radical (unpaired) electrons. The Hall–Kier alpha value is -2.98. The van der Waals surface area contributed by atoms with Crippen molar-refractivity contribution in [3.05, 3.63) is 63.7 Å². The summed E-state index contributed by atoms with van der Waals surface area (Å²) in [7, 11) is 2.04. The van der Waals surface area contributed by atoms with E-state index in [1.807, 2.05) is 31.3 Å². The van der Waals surface area contributed by atoms with E-state index in [-0.39, 0.29) is 18.7 Å². The van der Waals surface area contributed by atoms with Gasteiger partial charge in [0.05, 0.1) is 25.3 Å². The minimum Gasteiger partial charge on any atom is -0.490 e. The largest absolute Gasteiger partial charge is 0.490 e. The van der Waals surface area contributed by atoms with E-state index in [4.69, 9.17) is 10.5 Å². The minimum atomic E-state index is -1.87. The van der Waals surface area contributed by atoms with Crippen LogP contribution in [0.25, 0.3) is 10.4 Å². The van der Waals surface area contributed by atoms with E-state index in [0.29, 0.717) is 13.2 Å². The molecule has 0 saturated heterocycles. The molecule has 7 nitrogen and oxygen atoms in total. The lowest BCUT2D eigenvalue weighted by Gasteiger charge is -2.27. The second-order valence-corrected chi connectivity index (χ2v) is 8.15. The van der Waals surface area contributed by atoms with Crippen LogP contribution in [0, 0.1) is 0 Å². The zero-order valence-corrected chi connectivity index (χ0v) is 17.2. The van der Waals surface area contributed by atoms with Gasteiger partial charge < -0.3 is 15.4 Å². The Morgan fingerprint density at radius 3 is 2.90 bits per heavy atom. The highest BCUT2D eigenvalue weighted by atomic mass is 32.1. The first-order valence-corrected chi connectivity index (χ1v) is 10.2. The van der Waals surface area contributed by atoms with Crippen LogP contribution in [0.4, 0.5) is 14.5 Å². The van der Waals surface area contributed by atoms with Gasteiger partial charge in [0.15, 0.2) is 0 Å². The lowest BCUT2D eigenvalue weighted by Crippen LogP contribution is -2.28. The minimum absolute atomic E-state index is 0.305. The van der Waals surface area contributed by atoms with E-state index in [9.17, 15) is 13.6 Å². The van der Waals surface area contributed by atoms with Crippen molar-refractivity contribution in [2.45, 2.75) is 13.1 Å². The smallest absolute Gasteiger partial charge is 0.346 e. The number of hydrogen-bond acceptors (Lipinski definition) is 6. The second-order valence-electron chi connectivity index (χ2n) is 6.99. The number of rotatable bonds is 6. The van der Waals surface area contributed by atoms with Crippen LogP contribution in [0.1, 0.15) is 4.88 Å². The Labute approximate surface area is 175 Å². The number of thiophene rings is 1. The van der Waals surface area contributed by atoms with Crippen LogP contribution < -0.4 is 21.1 Å². The average Bonchev–Trinajstić information content (AvgIpc) is 3.34. The number of fused-ring (bicyclic) bond motifs is 1. The van der Waals surface area contributed by atoms with E-state index in [0.717, 1.165) is 38.0 Å². The first-order chi connectivity index (χ1) is 14.5. The summed E-state index contributed by atoms with van der Waals surface area (Å²) in [5.41, 5.74) is 6.66. The first kappa shape index (κ1) is 20.3. The topological polar surface area (TPSA) is 78.3 Å². The molecule has 0 fully saturated rings. The summed E-state index contributed by atoms with van der Waals surface area (Å²) >= 11 is 1.56. The molecule has 0 unspecified atom stereocenters. The molecule has 3 heterocycles. The Morgan fingerprint density at radius 1 is 1.30 bits per heavy atom. The van der Waals surface area contributed by atoms with E-state index in [2.05, 4.69) is 16.1 Å². The average molecular weight is 433 g/mol. The van der Waals surface area contributed by atoms with Crippen molar-refractivity contribution in [1.29, 1.82) is 0 Å². The highest BCUT2D eigenvalue weighted by Gasteiger charge is 2.16. The number of ether oxygens (including phenoxy) is 1. The summed E-state index contributed by atoms with van der Waals surface area (Å²) in [6.45, 7) is 1.19. The second kappa shape index (κ2) is 8.41. The van der Waals surface area contributed by atoms with E-state index >= 15 is 0 Å². The molecule has 10 heteroatoms. The molecule has 1 aliphatic rings. The van der Waals surface area contributed by atoms with Crippen LogP contribution in [-0.4, -0.2) is 41.1 Å². The molecule has 158 valence electrons. The molecule has 30 heavy (non-hydrogen) atoms. The summed E-state index contributed by atoms with van der Waals surface area (Å²) in [4.78, 5) is 16.6. The van der Waals surface area contributed by atoms with E-state index < -0.39 is 11.8 Å².